The zero-order chi connectivity index (χ0) is 22.9. The number of ether oxygens (including phenoxy) is 3. The molecule has 2 N–H and O–H groups in total. The molecule has 0 bridgehead atoms. The second-order valence-corrected chi connectivity index (χ2v) is 8.48. The Hall–Kier alpha value is -2.97. The van der Waals surface area contributed by atoms with Crippen LogP contribution in [-0.2, 0) is 17.7 Å². The summed E-state index contributed by atoms with van der Waals surface area (Å²) in [5.74, 6) is 1.05. The minimum absolute atomic E-state index is 0.326. The van der Waals surface area contributed by atoms with Gasteiger partial charge in [0.1, 0.15) is 0 Å². The summed E-state index contributed by atoms with van der Waals surface area (Å²) in [6.45, 7) is 3.34. The number of esters is 1. The lowest BCUT2D eigenvalue weighted by Gasteiger charge is -2.15. The molecule has 0 aliphatic carbocycles. The van der Waals surface area contributed by atoms with Crippen molar-refractivity contribution in [3.05, 3.63) is 63.1 Å². The second kappa shape index (κ2) is 11.6. The zero-order valence-electron chi connectivity index (χ0n) is 18.2. The molecule has 1 heterocycles. The van der Waals surface area contributed by atoms with Crippen molar-refractivity contribution in [3.8, 4) is 11.5 Å². The summed E-state index contributed by atoms with van der Waals surface area (Å²) in [5, 5.41) is 6.81. The summed E-state index contributed by atoms with van der Waals surface area (Å²) in [7, 11) is 3.24. The van der Waals surface area contributed by atoms with Gasteiger partial charge in [0.15, 0.2) is 16.0 Å². The monoisotopic (exact) mass is 475 g/mol. The van der Waals surface area contributed by atoms with E-state index in [1.165, 1.54) is 11.3 Å². The molecule has 9 heteroatoms. The number of benzene rings is 2. The number of carbonyl (C=O) groups excluding carboxylic acids is 1. The van der Waals surface area contributed by atoms with Crippen molar-refractivity contribution in [2.24, 2.45) is 0 Å². The van der Waals surface area contributed by atoms with Gasteiger partial charge in [-0.2, -0.15) is 0 Å². The van der Waals surface area contributed by atoms with E-state index >= 15 is 0 Å². The van der Waals surface area contributed by atoms with E-state index in [1.807, 2.05) is 24.3 Å². The number of nitrogens with one attached hydrogen (secondary N) is 2. The van der Waals surface area contributed by atoms with Crippen LogP contribution < -0.4 is 20.1 Å². The van der Waals surface area contributed by atoms with Gasteiger partial charge >= 0.3 is 5.97 Å². The van der Waals surface area contributed by atoms with E-state index in [9.17, 15) is 4.79 Å². The third-order valence-electron chi connectivity index (χ3n) is 4.69. The number of thiazole rings is 1. The maximum atomic E-state index is 12.2. The largest absolute Gasteiger partial charge is 0.493 e. The highest BCUT2D eigenvalue weighted by atomic mass is 35.5. The molecule has 0 saturated heterocycles. The van der Waals surface area contributed by atoms with Gasteiger partial charge in [0, 0.05) is 17.6 Å². The SMILES string of the molecule is CCOC(=O)c1ccc(NCCc2ccc(OC)c(OC)c2)c(NCc2cnc(Cl)s2)c1. The Morgan fingerprint density at radius 1 is 1.06 bits per heavy atom. The Balaban J connectivity index is 1.71. The number of carbonyl (C=O) groups is 1. The standard InChI is InChI=1S/C23H26ClN3O4S/c1-4-31-22(28)16-6-7-18(19(12-16)26-13-17-14-27-23(24)32-17)25-10-9-15-5-8-20(29-2)21(11-15)30-3/h5-8,11-12,14,25-26H,4,9-10,13H2,1-3H3. The zero-order valence-corrected chi connectivity index (χ0v) is 19.8. The summed E-state index contributed by atoms with van der Waals surface area (Å²) >= 11 is 7.34. The van der Waals surface area contributed by atoms with Crippen molar-refractivity contribution in [3.63, 3.8) is 0 Å². The first-order chi connectivity index (χ1) is 15.5. The van der Waals surface area contributed by atoms with Crippen LogP contribution in [-0.4, -0.2) is 38.3 Å². The number of methoxy groups -OCH3 is 2. The average molecular weight is 476 g/mol. The lowest BCUT2D eigenvalue weighted by molar-refractivity contribution is 0.0526. The molecule has 0 saturated carbocycles. The van der Waals surface area contributed by atoms with Crippen LogP contribution in [0.5, 0.6) is 11.5 Å². The molecule has 0 aliphatic rings. The number of hydrogen-bond donors (Lipinski definition) is 2. The maximum absolute atomic E-state index is 12.2. The lowest BCUT2D eigenvalue weighted by atomic mass is 10.1. The smallest absolute Gasteiger partial charge is 0.338 e. The molecule has 0 amide bonds. The van der Waals surface area contributed by atoms with E-state index in [1.54, 1.807) is 39.5 Å². The molecule has 0 fully saturated rings. The van der Waals surface area contributed by atoms with Crippen molar-refractivity contribution in [2.45, 2.75) is 19.9 Å². The van der Waals surface area contributed by atoms with Gasteiger partial charge in [-0.3, -0.25) is 0 Å². The maximum Gasteiger partial charge on any atom is 0.338 e. The van der Waals surface area contributed by atoms with Crippen LogP contribution in [0.15, 0.2) is 42.6 Å². The lowest BCUT2D eigenvalue weighted by Crippen LogP contribution is -2.10. The molecule has 0 aliphatic heterocycles. The topological polar surface area (TPSA) is 81.7 Å². The van der Waals surface area contributed by atoms with E-state index in [4.69, 9.17) is 25.8 Å². The molecule has 32 heavy (non-hydrogen) atoms. The number of aromatic nitrogens is 1. The van der Waals surface area contributed by atoms with Gasteiger partial charge in [-0.15, -0.1) is 11.3 Å². The van der Waals surface area contributed by atoms with E-state index in [0.29, 0.717) is 41.2 Å². The fourth-order valence-corrected chi connectivity index (χ4v) is 4.03. The normalized spacial score (nSPS) is 10.5. The third-order valence-corrected chi connectivity index (χ3v) is 5.80. The fraction of sp³-hybridized carbons (Fsp3) is 0.304. The highest BCUT2D eigenvalue weighted by Gasteiger charge is 2.12. The molecule has 0 radical (unpaired) electrons. The molecule has 3 rings (SSSR count). The van der Waals surface area contributed by atoms with Crippen molar-refractivity contribution < 1.29 is 19.0 Å². The predicted octanol–water partition coefficient (Wildman–Crippen LogP) is 5.26. The van der Waals surface area contributed by atoms with Gasteiger partial charge in [-0.1, -0.05) is 17.7 Å². The molecule has 0 unspecified atom stereocenters. The Morgan fingerprint density at radius 3 is 2.56 bits per heavy atom. The van der Waals surface area contributed by atoms with Gasteiger partial charge in [0.05, 0.1) is 44.3 Å². The van der Waals surface area contributed by atoms with Crippen LogP contribution in [0.4, 0.5) is 11.4 Å². The first-order valence-corrected chi connectivity index (χ1v) is 11.3. The summed E-state index contributed by atoms with van der Waals surface area (Å²) in [4.78, 5) is 17.2. The van der Waals surface area contributed by atoms with Crippen LogP contribution in [0.3, 0.4) is 0 Å². The quantitative estimate of drug-likeness (QED) is 0.366. The fourth-order valence-electron chi connectivity index (χ4n) is 3.11. The van der Waals surface area contributed by atoms with Crippen LogP contribution in [0.1, 0.15) is 27.7 Å². The molecular weight excluding hydrogens is 450 g/mol. The molecular formula is C23H26ClN3O4S. The number of halogens is 1. The van der Waals surface area contributed by atoms with Gasteiger partial charge in [0.2, 0.25) is 0 Å². The van der Waals surface area contributed by atoms with Crippen LogP contribution in [0.2, 0.25) is 4.47 Å². The van der Waals surface area contributed by atoms with Crippen molar-refractivity contribution >= 4 is 40.3 Å². The Kier molecular flexibility index (Phi) is 8.58. The molecule has 1 aromatic heterocycles. The Morgan fingerprint density at radius 2 is 1.88 bits per heavy atom. The van der Waals surface area contributed by atoms with Gasteiger partial charge < -0.3 is 24.8 Å². The van der Waals surface area contributed by atoms with Gasteiger partial charge in [0.25, 0.3) is 0 Å². The number of hydrogen-bond acceptors (Lipinski definition) is 8. The van der Waals surface area contributed by atoms with Crippen molar-refractivity contribution in [1.29, 1.82) is 0 Å². The molecule has 2 aromatic carbocycles. The molecule has 0 spiro atoms. The van der Waals surface area contributed by atoms with E-state index < -0.39 is 0 Å². The van der Waals surface area contributed by atoms with Crippen LogP contribution in [0.25, 0.3) is 0 Å². The van der Waals surface area contributed by atoms with Gasteiger partial charge in [-0.05, 0) is 49.2 Å². The Bertz CT molecular complexity index is 1060. The average Bonchev–Trinajstić information content (AvgIpc) is 3.23. The number of anilines is 2. The number of rotatable bonds is 11. The summed E-state index contributed by atoms with van der Waals surface area (Å²) in [5.41, 5.74) is 3.29. The summed E-state index contributed by atoms with van der Waals surface area (Å²) in [6.07, 6.45) is 2.52. The summed E-state index contributed by atoms with van der Waals surface area (Å²) < 4.78 is 16.3. The second-order valence-electron chi connectivity index (χ2n) is 6.78. The Labute approximate surface area is 196 Å². The van der Waals surface area contributed by atoms with E-state index in [0.717, 1.165) is 28.2 Å². The highest BCUT2D eigenvalue weighted by Crippen LogP contribution is 2.29. The third kappa shape index (κ3) is 6.27. The van der Waals surface area contributed by atoms with Gasteiger partial charge in [-0.25, -0.2) is 9.78 Å². The predicted molar refractivity (Wildman–Crippen MR) is 129 cm³/mol. The van der Waals surface area contributed by atoms with Crippen LogP contribution >= 0.6 is 22.9 Å². The van der Waals surface area contributed by atoms with Crippen molar-refractivity contribution in [1.82, 2.24) is 4.98 Å². The molecule has 170 valence electrons. The van der Waals surface area contributed by atoms with Crippen LogP contribution in [0, 0.1) is 0 Å². The summed E-state index contributed by atoms with van der Waals surface area (Å²) in [6, 6.07) is 11.3. The first-order valence-electron chi connectivity index (χ1n) is 10.1. The van der Waals surface area contributed by atoms with Crippen molar-refractivity contribution in [2.75, 3.05) is 38.0 Å². The van der Waals surface area contributed by atoms with E-state index in [2.05, 4.69) is 15.6 Å². The number of nitrogens with zero attached hydrogens (tertiary/aromatic N) is 1. The molecule has 0 atom stereocenters. The minimum atomic E-state index is -0.353. The molecule has 7 nitrogen and oxygen atoms in total. The van der Waals surface area contributed by atoms with E-state index in [-0.39, 0.29) is 5.97 Å². The first kappa shape index (κ1) is 23.7. The molecule has 3 aromatic rings. The highest BCUT2D eigenvalue weighted by molar-refractivity contribution is 7.15. The minimum Gasteiger partial charge on any atom is -0.493 e.